The van der Waals surface area contributed by atoms with Crippen LogP contribution in [-0.4, -0.2) is 20.5 Å². The Hall–Kier alpha value is -1.27. The predicted molar refractivity (Wildman–Crippen MR) is 55.7 cm³/mol. The molecule has 0 aromatic carbocycles. The largest absolute Gasteiger partial charge is 0.378 e. The molecule has 1 rings (SSSR count). The summed E-state index contributed by atoms with van der Waals surface area (Å²) in [5.41, 5.74) is -0.0876. The first kappa shape index (κ1) is 10.8. The highest BCUT2D eigenvalue weighted by atomic mass is 16.3. The Morgan fingerprint density at radius 2 is 2.29 bits per heavy atom. The van der Waals surface area contributed by atoms with Crippen molar-refractivity contribution in [1.29, 1.82) is 0 Å². The van der Waals surface area contributed by atoms with Crippen molar-refractivity contribution in [2.24, 2.45) is 0 Å². The van der Waals surface area contributed by atoms with Gasteiger partial charge in [0.2, 0.25) is 0 Å². The summed E-state index contributed by atoms with van der Waals surface area (Å²) < 4.78 is 1.85. The van der Waals surface area contributed by atoms with Crippen LogP contribution in [0.4, 0.5) is 0 Å². The average Bonchev–Trinajstić information content (AvgIpc) is 2.48. The zero-order chi connectivity index (χ0) is 10.6. The monoisotopic (exact) mass is 192 g/mol. The molecular weight excluding hydrogens is 176 g/mol. The van der Waals surface area contributed by atoms with Gasteiger partial charge in [-0.05, 0) is 32.3 Å². The minimum Gasteiger partial charge on any atom is -0.378 e. The van der Waals surface area contributed by atoms with Crippen LogP contribution in [0.3, 0.4) is 0 Å². The van der Waals surface area contributed by atoms with E-state index in [0.29, 0.717) is 0 Å². The van der Waals surface area contributed by atoms with E-state index in [9.17, 15) is 5.11 Å². The summed E-state index contributed by atoms with van der Waals surface area (Å²) >= 11 is 0. The molecule has 0 radical (unpaired) electrons. The number of hydrogen-bond donors (Lipinski definition) is 1. The molecule has 0 spiro atoms. The molecule has 0 fully saturated rings. The molecular formula is C11H16N2O. The lowest BCUT2D eigenvalue weighted by Gasteiger charge is -2.06. The van der Waals surface area contributed by atoms with E-state index in [1.165, 1.54) is 0 Å². The van der Waals surface area contributed by atoms with Crippen LogP contribution in [0.5, 0.6) is 0 Å². The molecule has 1 heterocycles. The summed E-state index contributed by atoms with van der Waals surface area (Å²) in [6.07, 6.45) is 2.75. The van der Waals surface area contributed by atoms with Crippen LogP contribution in [0.15, 0.2) is 12.3 Å². The molecule has 0 aliphatic heterocycles. The molecule has 0 unspecified atom stereocenters. The highest BCUT2D eigenvalue weighted by Crippen LogP contribution is 2.01. The van der Waals surface area contributed by atoms with Gasteiger partial charge in [0, 0.05) is 6.54 Å². The van der Waals surface area contributed by atoms with Gasteiger partial charge in [0.25, 0.3) is 0 Å². The molecule has 0 amide bonds. The Morgan fingerprint density at radius 3 is 2.86 bits per heavy atom. The van der Waals surface area contributed by atoms with Gasteiger partial charge in [0.1, 0.15) is 11.3 Å². The number of aromatic nitrogens is 2. The molecule has 1 N–H and O–H groups in total. The minimum absolute atomic E-state index is 0.856. The second kappa shape index (κ2) is 4.30. The Bertz CT molecular complexity index is 349. The normalized spacial score (nSPS) is 10.9. The van der Waals surface area contributed by atoms with Crippen molar-refractivity contribution < 1.29 is 5.11 Å². The van der Waals surface area contributed by atoms with Gasteiger partial charge < -0.3 is 5.11 Å². The number of aliphatic hydroxyl groups is 1. The maximum atomic E-state index is 9.43. The van der Waals surface area contributed by atoms with Gasteiger partial charge in [0.05, 0.1) is 6.20 Å². The van der Waals surface area contributed by atoms with Crippen LogP contribution in [0, 0.1) is 11.8 Å². The third-order valence-corrected chi connectivity index (χ3v) is 1.65. The highest BCUT2D eigenvalue weighted by molar-refractivity contribution is 5.29. The Morgan fingerprint density at radius 1 is 1.57 bits per heavy atom. The van der Waals surface area contributed by atoms with Crippen molar-refractivity contribution in [2.45, 2.75) is 39.3 Å². The summed E-state index contributed by atoms with van der Waals surface area (Å²) in [4.78, 5) is 0. The van der Waals surface area contributed by atoms with Crippen LogP contribution in [0.2, 0.25) is 0 Å². The maximum Gasteiger partial charge on any atom is 0.120 e. The number of rotatable bonds is 2. The van der Waals surface area contributed by atoms with Gasteiger partial charge >= 0.3 is 0 Å². The maximum absolute atomic E-state index is 9.43. The smallest absolute Gasteiger partial charge is 0.120 e. The zero-order valence-electron chi connectivity index (χ0n) is 8.91. The lowest BCUT2D eigenvalue weighted by molar-refractivity contribution is 0.143. The third kappa shape index (κ3) is 3.23. The predicted octanol–water partition coefficient (Wildman–Crippen LogP) is 1.42. The van der Waals surface area contributed by atoms with E-state index in [1.54, 1.807) is 20.0 Å². The van der Waals surface area contributed by atoms with Gasteiger partial charge in [-0.1, -0.05) is 12.8 Å². The summed E-state index contributed by atoms with van der Waals surface area (Å²) in [7, 11) is 0. The molecule has 1 aromatic heterocycles. The molecule has 0 atom stereocenters. The van der Waals surface area contributed by atoms with E-state index >= 15 is 0 Å². The Labute approximate surface area is 84.8 Å². The molecule has 14 heavy (non-hydrogen) atoms. The molecule has 0 saturated heterocycles. The van der Waals surface area contributed by atoms with E-state index in [1.807, 2.05) is 10.7 Å². The van der Waals surface area contributed by atoms with Gasteiger partial charge in [-0.15, -0.1) is 0 Å². The lowest BCUT2D eigenvalue weighted by atomic mass is 10.1. The van der Waals surface area contributed by atoms with Gasteiger partial charge in [-0.3, -0.25) is 4.68 Å². The van der Waals surface area contributed by atoms with Crippen molar-refractivity contribution in [1.82, 2.24) is 9.78 Å². The van der Waals surface area contributed by atoms with E-state index < -0.39 is 5.60 Å². The van der Waals surface area contributed by atoms with E-state index in [0.717, 1.165) is 18.7 Å². The third-order valence-electron chi connectivity index (χ3n) is 1.65. The number of aryl methyl sites for hydroxylation is 1. The van der Waals surface area contributed by atoms with Crippen LogP contribution in [-0.2, 0) is 6.54 Å². The highest BCUT2D eigenvalue weighted by Gasteiger charge is 2.06. The van der Waals surface area contributed by atoms with E-state index in [2.05, 4.69) is 23.9 Å². The minimum atomic E-state index is -0.943. The van der Waals surface area contributed by atoms with Crippen LogP contribution in [0.1, 0.15) is 32.9 Å². The average molecular weight is 192 g/mol. The standard InChI is InChI=1S/C11H16N2O/c1-4-9-13-10(6-8-12-13)5-7-11(2,3)14/h6,8,14H,4,9H2,1-3H3. The van der Waals surface area contributed by atoms with E-state index in [4.69, 9.17) is 0 Å². The number of hydrogen-bond acceptors (Lipinski definition) is 2. The second-order valence-corrected chi connectivity index (χ2v) is 3.75. The summed E-state index contributed by atoms with van der Waals surface area (Å²) in [6.45, 7) is 6.29. The molecule has 3 heteroatoms. The fourth-order valence-corrected chi connectivity index (χ4v) is 1.05. The zero-order valence-corrected chi connectivity index (χ0v) is 8.91. The summed E-state index contributed by atoms with van der Waals surface area (Å²) in [6, 6.07) is 1.86. The number of nitrogens with zero attached hydrogens (tertiary/aromatic N) is 2. The first-order valence-corrected chi connectivity index (χ1v) is 4.80. The van der Waals surface area contributed by atoms with Gasteiger partial charge in [0.15, 0.2) is 0 Å². The van der Waals surface area contributed by atoms with Crippen molar-refractivity contribution in [3.63, 3.8) is 0 Å². The summed E-state index contributed by atoms with van der Waals surface area (Å²) in [5.74, 6) is 5.69. The molecule has 1 aromatic rings. The fraction of sp³-hybridized carbons (Fsp3) is 0.545. The van der Waals surface area contributed by atoms with Crippen molar-refractivity contribution >= 4 is 0 Å². The molecule has 0 aliphatic rings. The Kier molecular flexibility index (Phi) is 3.32. The molecule has 0 bridgehead atoms. The fourth-order valence-electron chi connectivity index (χ4n) is 1.05. The first-order chi connectivity index (χ1) is 6.53. The molecule has 0 saturated carbocycles. The van der Waals surface area contributed by atoms with Gasteiger partial charge in [-0.25, -0.2) is 0 Å². The van der Waals surface area contributed by atoms with Crippen molar-refractivity contribution in [2.75, 3.05) is 0 Å². The second-order valence-electron chi connectivity index (χ2n) is 3.75. The lowest BCUT2D eigenvalue weighted by Crippen LogP contribution is -2.14. The topological polar surface area (TPSA) is 38.0 Å². The van der Waals surface area contributed by atoms with Crippen molar-refractivity contribution in [3.8, 4) is 11.8 Å². The molecule has 76 valence electrons. The summed E-state index contributed by atoms with van der Waals surface area (Å²) in [5, 5.41) is 13.6. The SMILES string of the molecule is CCCn1nccc1C#CC(C)(C)O. The van der Waals surface area contributed by atoms with Crippen LogP contribution in [0.25, 0.3) is 0 Å². The van der Waals surface area contributed by atoms with Gasteiger partial charge in [-0.2, -0.15) is 5.10 Å². The first-order valence-electron chi connectivity index (χ1n) is 4.80. The van der Waals surface area contributed by atoms with Crippen molar-refractivity contribution in [3.05, 3.63) is 18.0 Å². The quantitative estimate of drug-likeness (QED) is 0.719. The molecule has 0 aliphatic carbocycles. The van der Waals surface area contributed by atoms with Crippen LogP contribution >= 0.6 is 0 Å². The Balaban J connectivity index is 2.84. The molecule has 3 nitrogen and oxygen atoms in total. The van der Waals surface area contributed by atoms with Crippen LogP contribution < -0.4 is 0 Å². The van der Waals surface area contributed by atoms with E-state index in [-0.39, 0.29) is 0 Å².